The molecule has 16 heavy (non-hydrogen) atoms. The van der Waals surface area contributed by atoms with Crippen LogP contribution < -0.4 is 5.32 Å². The number of rotatable bonds is 5. The molecule has 2 rings (SSSR count). The Bertz CT molecular complexity index is 336. The second-order valence-electron chi connectivity index (χ2n) is 4.51. The van der Waals surface area contributed by atoms with E-state index in [0.29, 0.717) is 6.61 Å². The highest BCUT2D eigenvalue weighted by Crippen LogP contribution is 2.27. The molecule has 0 spiro atoms. The first-order valence-corrected chi connectivity index (χ1v) is 6.37. The number of hydrogen-bond acceptors (Lipinski definition) is 2. The zero-order valence-corrected chi connectivity index (χ0v) is 9.84. The topological polar surface area (TPSA) is 32.3 Å². The Morgan fingerprint density at radius 1 is 1.12 bits per heavy atom. The second kappa shape index (κ2) is 5.90. The fraction of sp³-hybridized carbons (Fsp3) is 0.571. The third kappa shape index (κ3) is 2.76. The predicted octanol–water partition coefficient (Wildman–Crippen LogP) is 2.75. The zero-order chi connectivity index (χ0) is 11.2. The average molecular weight is 219 g/mol. The first-order chi connectivity index (χ1) is 7.92. The normalized spacial score (nSPS) is 14.6. The number of anilines is 1. The predicted molar refractivity (Wildman–Crippen MR) is 67.9 cm³/mol. The van der Waals surface area contributed by atoms with Crippen LogP contribution in [0.2, 0.25) is 0 Å². The molecule has 0 aliphatic heterocycles. The SMILES string of the molecule is OCCCCNc1cccc2c1CCCC2. The van der Waals surface area contributed by atoms with Gasteiger partial charge in [-0.2, -0.15) is 0 Å². The van der Waals surface area contributed by atoms with Crippen molar-refractivity contribution < 1.29 is 5.11 Å². The molecule has 0 heterocycles. The molecule has 1 aliphatic carbocycles. The molecular formula is C14H21NO. The van der Waals surface area contributed by atoms with Crippen LogP contribution in [0.25, 0.3) is 0 Å². The van der Waals surface area contributed by atoms with E-state index in [1.165, 1.54) is 42.5 Å². The van der Waals surface area contributed by atoms with Gasteiger partial charge < -0.3 is 10.4 Å². The Hall–Kier alpha value is -1.02. The third-order valence-corrected chi connectivity index (χ3v) is 3.30. The minimum atomic E-state index is 0.300. The van der Waals surface area contributed by atoms with Gasteiger partial charge in [0, 0.05) is 18.8 Å². The lowest BCUT2D eigenvalue weighted by molar-refractivity contribution is 0.286. The van der Waals surface area contributed by atoms with Crippen LogP contribution in [0.5, 0.6) is 0 Å². The van der Waals surface area contributed by atoms with Crippen LogP contribution in [0.3, 0.4) is 0 Å². The Morgan fingerprint density at radius 3 is 2.88 bits per heavy atom. The van der Waals surface area contributed by atoms with E-state index in [9.17, 15) is 0 Å². The van der Waals surface area contributed by atoms with Crippen LogP contribution in [-0.2, 0) is 12.8 Å². The van der Waals surface area contributed by atoms with E-state index in [0.717, 1.165) is 19.4 Å². The Morgan fingerprint density at radius 2 is 2.00 bits per heavy atom. The van der Waals surface area contributed by atoms with Crippen LogP contribution >= 0.6 is 0 Å². The van der Waals surface area contributed by atoms with Gasteiger partial charge in [-0.3, -0.25) is 0 Å². The number of unbranched alkanes of at least 4 members (excludes halogenated alkanes) is 1. The minimum Gasteiger partial charge on any atom is -0.396 e. The fourth-order valence-electron chi connectivity index (χ4n) is 2.41. The molecule has 2 nitrogen and oxygen atoms in total. The molecule has 0 unspecified atom stereocenters. The molecular weight excluding hydrogens is 198 g/mol. The van der Waals surface area contributed by atoms with Gasteiger partial charge in [-0.05, 0) is 55.7 Å². The van der Waals surface area contributed by atoms with Gasteiger partial charge in [0.25, 0.3) is 0 Å². The van der Waals surface area contributed by atoms with Crippen molar-refractivity contribution >= 4 is 5.69 Å². The van der Waals surface area contributed by atoms with E-state index in [2.05, 4.69) is 23.5 Å². The van der Waals surface area contributed by atoms with E-state index < -0.39 is 0 Å². The van der Waals surface area contributed by atoms with Crippen LogP contribution in [0.15, 0.2) is 18.2 Å². The van der Waals surface area contributed by atoms with E-state index in [4.69, 9.17) is 5.11 Å². The lowest BCUT2D eigenvalue weighted by Gasteiger charge is -2.20. The molecule has 88 valence electrons. The largest absolute Gasteiger partial charge is 0.396 e. The highest BCUT2D eigenvalue weighted by atomic mass is 16.2. The summed E-state index contributed by atoms with van der Waals surface area (Å²) in [6.45, 7) is 1.27. The lowest BCUT2D eigenvalue weighted by Crippen LogP contribution is -2.09. The summed E-state index contributed by atoms with van der Waals surface area (Å²) in [4.78, 5) is 0. The summed E-state index contributed by atoms with van der Waals surface area (Å²) in [7, 11) is 0. The standard InChI is InChI=1S/C14H21NO/c16-11-4-3-10-15-14-9-5-7-12-6-1-2-8-13(12)14/h5,7,9,15-16H,1-4,6,8,10-11H2. The third-order valence-electron chi connectivity index (χ3n) is 3.30. The molecule has 1 aromatic carbocycles. The quantitative estimate of drug-likeness (QED) is 0.746. The van der Waals surface area contributed by atoms with Crippen molar-refractivity contribution in [2.45, 2.75) is 38.5 Å². The Balaban J connectivity index is 1.97. The molecule has 0 saturated heterocycles. The fourth-order valence-corrected chi connectivity index (χ4v) is 2.41. The van der Waals surface area contributed by atoms with Crippen molar-refractivity contribution in [2.75, 3.05) is 18.5 Å². The summed E-state index contributed by atoms with van der Waals surface area (Å²) < 4.78 is 0. The highest BCUT2D eigenvalue weighted by molar-refractivity contribution is 5.55. The molecule has 2 N–H and O–H groups in total. The number of benzene rings is 1. The van der Waals surface area contributed by atoms with E-state index in [1.54, 1.807) is 0 Å². The maximum Gasteiger partial charge on any atom is 0.0431 e. The first kappa shape index (κ1) is 11.5. The molecule has 0 radical (unpaired) electrons. The summed E-state index contributed by atoms with van der Waals surface area (Å²) in [6, 6.07) is 6.59. The molecule has 0 bridgehead atoms. The second-order valence-corrected chi connectivity index (χ2v) is 4.51. The van der Waals surface area contributed by atoms with Gasteiger partial charge in [-0.1, -0.05) is 12.1 Å². The molecule has 0 fully saturated rings. The molecule has 2 heteroatoms. The van der Waals surface area contributed by atoms with Gasteiger partial charge in [0.05, 0.1) is 0 Å². The molecule has 1 aromatic rings. The maximum atomic E-state index is 8.73. The molecule has 1 aliphatic rings. The van der Waals surface area contributed by atoms with Gasteiger partial charge in [0.15, 0.2) is 0 Å². The summed E-state index contributed by atoms with van der Waals surface area (Å²) in [5.74, 6) is 0. The number of aryl methyl sites for hydroxylation is 1. The summed E-state index contributed by atoms with van der Waals surface area (Å²) in [5, 5.41) is 12.2. The van der Waals surface area contributed by atoms with Gasteiger partial charge in [-0.15, -0.1) is 0 Å². The molecule has 0 saturated carbocycles. The van der Waals surface area contributed by atoms with Crippen molar-refractivity contribution in [3.8, 4) is 0 Å². The summed E-state index contributed by atoms with van der Waals surface area (Å²) in [6.07, 6.45) is 7.05. The summed E-state index contributed by atoms with van der Waals surface area (Å²) >= 11 is 0. The molecule has 0 atom stereocenters. The first-order valence-electron chi connectivity index (χ1n) is 6.37. The number of nitrogens with one attached hydrogen (secondary N) is 1. The van der Waals surface area contributed by atoms with Gasteiger partial charge in [-0.25, -0.2) is 0 Å². The van der Waals surface area contributed by atoms with E-state index >= 15 is 0 Å². The number of fused-ring (bicyclic) bond motifs is 1. The van der Waals surface area contributed by atoms with Crippen LogP contribution in [-0.4, -0.2) is 18.3 Å². The van der Waals surface area contributed by atoms with Gasteiger partial charge in [0.1, 0.15) is 0 Å². The van der Waals surface area contributed by atoms with Crippen LogP contribution in [0.1, 0.15) is 36.8 Å². The number of aliphatic hydroxyl groups is 1. The summed E-state index contributed by atoms with van der Waals surface area (Å²) in [5.41, 5.74) is 4.37. The van der Waals surface area contributed by atoms with Crippen LogP contribution in [0.4, 0.5) is 5.69 Å². The van der Waals surface area contributed by atoms with Crippen molar-refractivity contribution in [1.82, 2.24) is 0 Å². The van der Waals surface area contributed by atoms with Gasteiger partial charge >= 0.3 is 0 Å². The van der Waals surface area contributed by atoms with Gasteiger partial charge in [0.2, 0.25) is 0 Å². The smallest absolute Gasteiger partial charge is 0.0431 e. The van der Waals surface area contributed by atoms with E-state index in [-0.39, 0.29) is 0 Å². The van der Waals surface area contributed by atoms with E-state index in [1.807, 2.05) is 0 Å². The molecule has 0 amide bonds. The maximum absolute atomic E-state index is 8.73. The Labute approximate surface area is 97.7 Å². The zero-order valence-electron chi connectivity index (χ0n) is 9.84. The monoisotopic (exact) mass is 219 g/mol. The number of hydrogen-bond donors (Lipinski definition) is 2. The van der Waals surface area contributed by atoms with Crippen molar-refractivity contribution in [1.29, 1.82) is 0 Å². The van der Waals surface area contributed by atoms with Crippen LogP contribution in [0, 0.1) is 0 Å². The average Bonchev–Trinajstić information content (AvgIpc) is 2.35. The van der Waals surface area contributed by atoms with Crippen molar-refractivity contribution in [2.24, 2.45) is 0 Å². The molecule has 0 aromatic heterocycles. The minimum absolute atomic E-state index is 0.300. The van der Waals surface area contributed by atoms with Crippen molar-refractivity contribution in [3.63, 3.8) is 0 Å². The lowest BCUT2D eigenvalue weighted by atomic mass is 9.90. The highest BCUT2D eigenvalue weighted by Gasteiger charge is 2.11. The number of aliphatic hydroxyl groups excluding tert-OH is 1. The van der Waals surface area contributed by atoms with Crippen molar-refractivity contribution in [3.05, 3.63) is 29.3 Å². The Kier molecular flexibility index (Phi) is 4.23.